The number of ether oxygens (including phenoxy) is 1. The van der Waals surface area contributed by atoms with Gasteiger partial charge in [0.15, 0.2) is 16.4 Å². The molecule has 0 saturated carbocycles. The number of carboxylic acid groups (broad SMARTS) is 1. The largest absolute Gasteiger partial charge is 0.481 e. The van der Waals surface area contributed by atoms with Gasteiger partial charge in [0.2, 0.25) is 0 Å². The maximum atomic E-state index is 12.3. The average molecular weight is 386 g/mol. The first kappa shape index (κ1) is 20.5. The van der Waals surface area contributed by atoms with Gasteiger partial charge in [0, 0.05) is 5.56 Å². The fourth-order valence-corrected chi connectivity index (χ4v) is 3.80. The molecule has 2 aromatic carbocycles. The highest BCUT2D eigenvalue weighted by Gasteiger charge is 2.14. The fourth-order valence-electron chi connectivity index (χ4n) is 2.46. The second-order valence-electron chi connectivity index (χ2n) is 6.23. The van der Waals surface area contributed by atoms with E-state index >= 15 is 0 Å². The lowest BCUT2D eigenvalue weighted by Gasteiger charge is -2.07. The van der Waals surface area contributed by atoms with Gasteiger partial charge in [-0.2, -0.15) is 0 Å². The summed E-state index contributed by atoms with van der Waals surface area (Å²) in [6.45, 7) is 5.12. The Morgan fingerprint density at radius 2 is 1.78 bits per heavy atom. The van der Waals surface area contributed by atoms with Gasteiger partial charge in [-0.15, -0.1) is 0 Å². The standard InChI is InChI=1S/C21H22O5S/c1-4-11-27(24,25)19-9-6-16(3)17(13-19)7-8-18-12-15(2)5-10-20(18)26-14-21(22)23/h5-6,9-10,12-13H,4,11,14H2,1-3H3,(H,22,23). The molecule has 5 nitrogen and oxygen atoms in total. The molecule has 0 saturated heterocycles. The number of carboxylic acids is 1. The third-order valence-corrected chi connectivity index (χ3v) is 5.78. The maximum Gasteiger partial charge on any atom is 0.341 e. The predicted molar refractivity (Wildman–Crippen MR) is 104 cm³/mol. The molecule has 142 valence electrons. The second-order valence-corrected chi connectivity index (χ2v) is 8.34. The van der Waals surface area contributed by atoms with Crippen LogP contribution < -0.4 is 4.74 Å². The first-order valence-corrected chi connectivity index (χ1v) is 10.2. The summed E-state index contributed by atoms with van der Waals surface area (Å²) < 4.78 is 29.9. The van der Waals surface area contributed by atoms with Crippen LogP contribution in [0.15, 0.2) is 41.3 Å². The zero-order chi connectivity index (χ0) is 20.0. The van der Waals surface area contributed by atoms with Crippen molar-refractivity contribution in [2.75, 3.05) is 12.4 Å². The normalized spacial score (nSPS) is 10.8. The Kier molecular flexibility index (Phi) is 6.65. The molecule has 2 rings (SSSR count). The van der Waals surface area contributed by atoms with Crippen LogP contribution in [0.5, 0.6) is 5.75 Å². The molecule has 0 atom stereocenters. The van der Waals surface area contributed by atoms with E-state index in [1.54, 1.807) is 30.3 Å². The van der Waals surface area contributed by atoms with Crippen molar-refractivity contribution < 1.29 is 23.1 Å². The number of rotatable bonds is 6. The van der Waals surface area contributed by atoms with Gasteiger partial charge in [0.25, 0.3) is 0 Å². The number of sulfone groups is 1. The highest BCUT2D eigenvalue weighted by Crippen LogP contribution is 2.21. The van der Waals surface area contributed by atoms with Crippen molar-refractivity contribution in [3.63, 3.8) is 0 Å². The predicted octanol–water partition coefficient (Wildman–Crippen LogP) is 3.35. The quantitative estimate of drug-likeness (QED) is 0.770. The summed E-state index contributed by atoms with van der Waals surface area (Å²) in [6, 6.07) is 10.2. The van der Waals surface area contributed by atoms with Crippen molar-refractivity contribution in [1.29, 1.82) is 0 Å². The molecular weight excluding hydrogens is 364 g/mol. The number of carbonyl (C=O) groups is 1. The van der Waals surface area contributed by atoms with E-state index in [1.165, 1.54) is 0 Å². The minimum absolute atomic E-state index is 0.0913. The molecule has 0 aliphatic heterocycles. The van der Waals surface area contributed by atoms with E-state index in [4.69, 9.17) is 9.84 Å². The minimum atomic E-state index is -3.32. The molecular formula is C21H22O5S. The van der Waals surface area contributed by atoms with E-state index in [2.05, 4.69) is 11.8 Å². The third kappa shape index (κ3) is 5.60. The minimum Gasteiger partial charge on any atom is -0.481 e. The van der Waals surface area contributed by atoms with E-state index < -0.39 is 22.4 Å². The molecule has 0 heterocycles. The molecule has 27 heavy (non-hydrogen) atoms. The smallest absolute Gasteiger partial charge is 0.341 e. The number of hydrogen-bond acceptors (Lipinski definition) is 4. The van der Waals surface area contributed by atoms with Crippen LogP contribution in [-0.2, 0) is 14.6 Å². The molecule has 6 heteroatoms. The first-order valence-electron chi connectivity index (χ1n) is 8.53. The van der Waals surface area contributed by atoms with Gasteiger partial charge >= 0.3 is 5.97 Å². The highest BCUT2D eigenvalue weighted by molar-refractivity contribution is 7.91. The van der Waals surface area contributed by atoms with Crippen LogP contribution in [0.2, 0.25) is 0 Å². The Bertz CT molecular complexity index is 1010. The van der Waals surface area contributed by atoms with Gasteiger partial charge in [-0.1, -0.05) is 30.9 Å². The molecule has 0 aliphatic rings. The Balaban J connectivity index is 2.43. The van der Waals surface area contributed by atoms with Gasteiger partial charge in [0.1, 0.15) is 5.75 Å². The van der Waals surface area contributed by atoms with Crippen molar-refractivity contribution in [1.82, 2.24) is 0 Å². The topological polar surface area (TPSA) is 80.7 Å². The second kappa shape index (κ2) is 8.74. The monoisotopic (exact) mass is 386 g/mol. The van der Waals surface area contributed by atoms with Crippen molar-refractivity contribution in [2.24, 2.45) is 0 Å². The SMILES string of the molecule is CCCS(=O)(=O)c1ccc(C)c(C#Cc2cc(C)ccc2OCC(=O)O)c1. The first-order chi connectivity index (χ1) is 12.7. The summed E-state index contributed by atoms with van der Waals surface area (Å²) in [4.78, 5) is 11.0. The van der Waals surface area contributed by atoms with Crippen LogP contribution in [0.3, 0.4) is 0 Å². The Hall–Kier alpha value is -2.78. The van der Waals surface area contributed by atoms with Crippen molar-refractivity contribution in [3.05, 3.63) is 58.7 Å². The van der Waals surface area contributed by atoms with Gasteiger partial charge in [-0.25, -0.2) is 13.2 Å². The zero-order valence-electron chi connectivity index (χ0n) is 15.6. The van der Waals surface area contributed by atoms with Crippen LogP contribution in [0.1, 0.15) is 35.6 Å². The van der Waals surface area contributed by atoms with E-state index in [0.29, 0.717) is 23.3 Å². The number of benzene rings is 2. The van der Waals surface area contributed by atoms with Crippen LogP contribution in [0.25, 0.3) is 0 Å². The molecule has 1 N–H and O–H groups in total. The van der Waals surface area contributed by atoms with E-state index in [0.717, 1.165) is 11.1 Å². The van der Waals surface area contributed by atoms with Crippen molar-refractivity contribution >= 4 is 15.8 Å². The third-order valence-electron chi connectivity index (χ3n) is 3.86. The van der Waals surface area contributed by atoms with Gasteiger partial charge in [-0.3, -0.25) is 0 Å². The molecule has 0 spiro atoms. The Morgan fingerprint density at radius 3 is 2.44 bits per heavy atom. The lowest BCUT2D eigenvalue weighted by molar-refractivity contribution is -0.139. The van der Waals surface area contributed by atoms with Gasteiger partial charge in [0.05, 0.1) is 16.2 Å². The van der Waals surface area contributed by atoms with Crippen molar-refractivity contribution in [2.45, 2.75) is 32.1 Å². The van der Waals surface area contributed by atoms with Gasteiger partial charge < -0.3 is 9.84 Å². The summed E-state index contributed by atoms with van der Waals surface area (Å²) in [5.74, 6) is 5.38. The molecule has 0 aliphatic carbocycles. The number of aryl methyl sites for hydroxylation is 2. The molecule has 0 unspecified atom stereocenters. The van der Waals surface area contributed by atoms with Crippen LogP contribution in [0, 0.1) is 25.7 Å². The summed E-state index contributed by atoms with van der Waals surface area (Å²) in [7, 11) is -3.32. The Morgan fingerprint density at radius 1 is 1.07 bits per heavy atom. The summed E-state index contributed by atoms with van der Waals surface area (Å²) in [5, 5.41) is 8.80. The molecule has 2 aromatic rings. The van der Waals surface area contributed by atoms with E-state index in [-0.39, 0.29) is 10.6 Å². The summed E-state index contributed by atoms with van der Waals surface area (Å²) in [5.41, 5.74) is 2.98. The highest BCUT2D eigenvalue weighted by atomic mass is 32.2. The Labute approximate surface area is 159 Å². The lowest BCUT2D eigenvalue weighted by Crippen LogP contribution is -2.10. The molecule has 0 fully saturated rings. The number of aliphatic carboxylic acids is 1. The van der Waals surface area contributed by atoms with E-state index in [9.17, 15) is 13.2 Å². The number of hydrogen-bond donors (Lipinski definition) is 1. The zero-order valence-corrected chi connectivity index (χ0v) is 16.4. The molecule has 0 amide bonds. The van der Waals surface area contributed by atoms with Gasteiger partial charge in [-0.05, 0) is 55.7 Å². The molecule has 0 radical (unpaired) electrons. The van der Waals surface area contributed by atoms with Crippen LogP contribution in [-0.4, -0.2) is 31.9 Å². The molecule has 0 bridgehead atoms. The fraction of sp³-hybridized carbons (Fsp3) is 0.286. The lowest BCUT2D eigenvalue weighted by atomic mass is 10.1. The summed E-state index contributed by atoms with van der Waals surface area (Å²) >= 11 is 0. The summed E-state index contributed by atoms with van der Waals surface area (Å²) in [6.07, 6.45) is 0.546. The van der Waals surface area contributed by atoms with Crippen LogP contribution in [0.4, 0.5) is 0 Å². The maximum absolute atomic E-state index is 12.3. The van der Waals surface area contributed by atoms with E-state index in [1.807, 2.05) is 26.8 Å². The van der Waals surface area contributed by atoms with Crippen molar-refractivity contribution in [3.8, 4) is 17.6 Å². The molecule has 0 aromatic heterocycles. The van der Waals surface area contributed by atoms with Crippen LogP contribution >= 0.6 is 0 Å². The average Bonchev–Trinajstić information content (AvgIpc) is 2.59.